The molecule has 0 N–H and O–H groups in total. The van der Waals surface area contributed by atoms with Crippen LogP contribution in [0.4, 0.5) is 13.2 Å². The smallest absolute Gasteiger partial charge is 0.167 e. The van der Waals surface area contributed by atoms with Crippen LogP contribution < -0.4 is 0 Å². The minimum Gasteiger partial charge on any atom is -0.167 e. The Morgan fingerprint density at radius 1 is 0.800 bits per heavy atom. The SMILES string of the molecule is CC1CCC(C2CCC(c3ccc(/C=C/C(F)(F)F)cc3)CC2)CC1. The third-order valence-electron chi connectivity index (χ3n) is 6.37. The number of hydrogen-bond donors (Lipinski definition) is 0. The maximum absolute atomic E-state index is 12.2. The van der Waals surface area contributed by atoms with Crippen LogP contribution in [0.5, 0.6) is 0 Å². The number of alkyl halides is 3. The molecule has 3 heteroatoms. The largest absolute Gasteiger partial charge is 0.409 e. The molecule has 0 aromatic heterocycles. The van der Waals surface area contributed by atoms with Gasteiger partial charge in [-0.25, -0.2) is 0 Å². The van der Waals surface area contributed by atoms with Crippen molar-refractivity contribution in [2.24, 2.45) is 17.8 Å². The molecule has 0 aliphatic heterocycles. The van der Waals surface area contributed by atoms with E-state index < -0.39 is 6.18 Å². The first-order valence-electron chi connectivity index (χ1n) is 9.76. The Balaban J connectivity index is 1.52. The van der Waals surface area contributed by atoms with Crippen molar-refractivity contribution < 1.29 is 13.2 Å². The van der Waals surface area contributed by atoms with E-state index in [-0.39, 0.29) is 0 Å². The fourth-order valence-corrected chi connectivity index (χ4v) is 4.75. The average molecular weight is 350 g/mol. The predicted octanol–water partition coefficient (Wildman–Crippen LogP) is 7.36. The van der Waals surface area contributed by atoms with Gasteiger partial charge in [0.1, 0.15) is 0 Å². The van der Waals surface area contributed by atoms with Crippen molar-refractivity contribution in [1.82, 2.24) is 0 Å². The monoisotopic (exact) mass is 350 g/mol. The highest BCUT2D eigenvalue weighted by atomic mass is 19.4. The van der Waals surface area contributed by atoms with Crippen molar-refractivity contribution >= 4 is 6.08 Å². The summed E-state index contributed by atoms with van der Waals surface area (Å²) in [6.07, 6.45) is 7.93. The predicted molar refractivity (Wildman–Crippen MR) is 97.4 cm³/mol. The van der Waals surface area contributed by atoms with Crippen LogP contribution in [0.15, 0.2) is 30.3 Å². The molecular formula is C22H29F3. The molecule has 2 aliphatic carbocycles. The van der Waals surface area contributed by atoms with Crippen molar-refractivity contribution in [3.63, 3.8) is 0 Å². The van der Waals surface area contributed by atoms with E-state index in [2.05, 4.69) is 6.92 Å². The Kier molecular flexibility index (Phi) is 5.91. The highest BCUT2D eigenvalue weighted by molar-refractivity contribution is 5.50. The molecule has 0 atom stereocenters. The van der Waals surface area contributed by atoms with Crippen LogP contribution in [0, 0.1) is 17.8 Å². The van der Waals surface area contributed by atoms with Gasteiger partial charge in [0.25, 0.3) is 0 Å². The van der Waals surface area contributed by atoms with E-state index in [1.807, 2.05) is 24.3 Å². The Morgan fingerprint density at radius 2 is 1.32 bits per heavy atom. The molecule has 2 saturated carbocycles. The van der Waals surface area contributed by atoms with E-state index in [9.17, 15) is 13.2 Å². The molecule has 0 saturated heterocycles. The van der Waals surface area contributed by atoms with Gasteiger partial charge in [-0.1, -0.05) is 50.1 Å². The van der Waals surface area contributed by atoms with E-state index in [4.69, 9.17) is 0 Å². The van der Waals surface area contributed by atoms with Crippen LogP contribution in [0.3, 0.4) is 0 Å². The number of rotatable bonds is 3. The minimum absolute atomic E-state index is 0.304. The van der Waals surface area contributed by atoms with E-state index in [1.54, 1.807) is 0 Å². The molecule has 2 aliphatic rings. The first kappa shape index (κ1) is 18.5. The third-order valence-corrected chi connectivity index (χ3v) is 6.37. The molecular weight excluding hydrogens is 321 g/mol. The van der Waals surface area contributed by atoms with Crippen LogP contribution >= 0.6 is 0 Å². The summed E-state index contributed by atoms with van der Waals surface area (Å²) in [5.41, 5.74) is 1.91. The van der Waals surface area contributed by atoms with Gasteiger partial charge in [0.15, 0.2) is 0 Å². The normalized spacial score (nSPS) is 31.4. The van der Waals surface area contributed by atoms with Crippen LogP contribution in [-0.2, 0) is 0 Å². The van der Waals surface area contributed by atoms with Gasteiger partial charge in [0.2, 0.25) is 0 Å². The van der Waals surface area contributed by atoms with Crippen molar-refractivity contribution in [3.8, 4) is 0 Å². The molecule has 0 amide bonds. The summed E-state index contributed by atoms with van der Waals surface area (Å²) in [6, 6.07) is 7.66. The van der Waals surface area contributed by atoms with Crippen molar-refractivity contribution in [1.29, 1.82) is 0 Å². The summed E-state index contributed by atoms with van der Waals surface area (Å²) in [5, 5.41) is 0. The van der Waals surface area contributed by atoms with Gasteiger partial charge in [0, 0.05) is 6.08 Å². The number of hydrogen-bond acceptors (Lipinski definition) is 0. The molecule has 25 heavy (non-hydrogen) atoms. The lowest BCUT2D eigenvalue weighted by atomic mass is 9.68. The summed E-state index contributed by atoms with van der Waals surface area (Å²) in [5.74, 6) is 3.33. The first-order valence-corrected chi connectivity index (χ1v) is 9.76. The molecule has 3 rings (SSSR count). The van der Waals surface area contributed by atoms with Crippen molar-refractivity contribution in [3.05, 3.63) is 41.5 Å². The summed E-state index contributed by atoms with van der Waals surface area (Å²) in [6.45, 7) is 2.38. The molecule has 0 unspecified atom stereocenters. The molecule has 1 aromatic carbocycles. The molecule has 0 nitrogen and oxygen atoms in total. The summed E-state index contributed by atoms with van der Waals surface area (Å²) in [7, 11) is 0. The van der Waals surface area contributed by atoms with Crippen LogP contribution in [0.1, 0.15) is 75.3 Å². The second-order valence-corrected chi connectivity index (χ2v) is 8.17. The average Bonchev–Trinajstić information content (AvgIpc) is 2.61. The second-order valence-electron chi connectivity index (χ2n) is 8.17. The zero-order chi connectivity index (χ0) is 17.9. The van der Waals surface area contributed by atoms with Gasteiger partial charge < -0.3 is 0 Å². The molecule has 0 heterocycles. The Bertz CT molecular complexity index is 554. The zero-order valence-electron chi connectivity index (χ0n) is 15.1. The van der Waals surface area contributed by atoms with Gasteiger partial charge in [-0.15, -0.1) is 0 Å². The lowest BCUT2D eigenvalue weighted by Crippen LogP contribution is -2.24. The molecule has 138 valence electrons. The Morgan fingerprint density at radius 3 is 1.84 bits per heavy atom. The third kappa shape index (κ3) is 5.36. The molecule has 0 bridgehead atoms. The van der Waals surface area contributed by atoms with Gasteiger partial charge in [-0.05, 0) is 73.3 Å². The lowest BCUT2D eigenvalue weighted by molar-refractivity contribution is -0.0790. The van der Waals surface area contributed by atoms with Gasteiger partial charge in [-0.3, -0.25) is 0 Å². The quantitative estimate of drug-likeness (QED) is 0.534. The fraction of sp³-hybridized carbons (Fsp3) is 0.636. The van der Waals surface area contributed by atoms with Crippen molar-refractivity contribution in [2.75, 3.05) is 0 Å². The summed E-state index contributed by atoms with van der Waals surface area (Å²) < 4.78 is 36.7. The maximum atomic E-state index is 12.2. The standard InChI is InChI=1S/C22H29F3/c1-16-2-6-18(7-3-16)20-10-12-21(13-11-20)19-8-4-17(5-9-19)14-15-22(23,24)25/h4-5,8-9,14-16,18,20-21H,2-3,6-7,10-13H2,1H3/b15-14+. The highest BCUT2D eigenvalue weighted by Gasteiger charge is 2.30. The summed E-state index contributed by atoms with van der Waals surface area (Å²) >= 11 is 0. The van der Waals surface area contributed by atoms with Crippen molar-refractivity contribution in [2.45, 2.75) is 70.4 Å². The highest BCUT2D eigenvalue weighted by Crippen LogP contribution is 2.43. The van der Waals surface area contributed by atoms with Crippen LogP contribution in [-0.4, -0.2) is 6.18 Å². The molecule has 1 aromatic rings. The maximum Gasteiger partial charge on any atom is 0.409 e. The summed E-state index contributed by atoms with van der Waals surface area (Å²) in [4.78, 5) is 0. The van der Waals surface area contributed by atoms with Gasteiger partial charge in [-0.2, -0.15) is 13.2 Å². The molecule has 0 spiro atoms. The van der Waals surface area contributed by atoms with Crippen LogP contribution in [0.25, 0.3) is 6.08 Å². The van der Waals surface area contributed by atoms with E-state index in [0.717, 1.165) is 23.8 Å². The Labute approximate surface area is 149 Å². The zero-order valence-corrected chi connectivity index (χ0v) is 15.1. The number of allylic oxidation sites excluding steroid dienone is 1. The van der Waals surface area contributed by atoms with E-state index in [0.29, 0.717) is 17.6 Å². The lowest BCUT2D eigenvalue weighted by Gasteiger charge is -2.37. The second kappa shape index (κ2) is 7.97. The number of halogens is 3. The van der Waals surface area contributed by atoms with Gasteiger partial charge in [0.05, 0.1) is 0 Å². The Hall–Kier alpha value is -1.25. The van der Waals surface area contributed by atoms with Crippen LogP contribution in [0.2, 0.25) is 0 Å². The molecule has 0 radical (unpaired) electrons. The van der Waals surface area contributed by atoms with E-state index >= 15 is 0 Å². The molecule has 2 fully saturated rings. The topological polar surface area (TPSA) is 0 Å². The first-order chi connectivity index (χ1) is 11.9. The fourth-order valence-electron chi connectivity index (χ4n) is 4.75. The number of benzene rings is 1. The minimum atomic E-state index is -4.24. The van der Waals surface area contributed by atoms with Gasteiger partial charge >= 0.3 is 6.18 Å². The van der Waals surface area contributed by atoms with E-state index in [1.165, 1.54) is 56.9 Å².